The third-order valence-corrected chi connectivity index (χ3v) is 2.58. The Morgan fingerprint density at radius 1 is 1.29 bits per heavy atom. The molecule has 0 unspecified atom stereocenters. The Morgan fingerprint density at radius 3 is 3.06 bits per heavy atom. The van der Waals surface area contributed by atoms with Gasteiger partial charge in [-0.15, -0.1) is 0 Å². The summed E-state index contributed by atoms with van der Waals surface area (Å²) < 4.78 is 7.00. The van der Waals surface area contributed by atoms with Crippen molar-refractivity contribution < 1.29 is 4.42 Å². The Morgan fingerprint density at radius 2 is 2.24 bits per heavy atom. The molecule has 2 N–H and O–H groups in total. The quantitative estimate of drug-likeness (QED) is 0.740. The van der Waals surface area contributed by atoms with Gasteiger partial charge < -0.3 is 10.2 Å². The molecule has 0 saturated heterocycles. The number of nitrogen functional groups attached to an aromatic ring is 1. The summed E-state index contributed by atoms with van der Waals surface area (Å²) in [6, 6.07) is 7.45. The van der Waals surface area contributed by atoms with Crippen molar-refractivity contribution in [3.63, 3.8) is 0 Å². The van der Waals surface area contributed by atoms with Gasteiger partial charge in [0.1, 0.15) is 5.76 Å². The number of hydrogen-bond acceptors (Lipinski definition) is 4. The second-order valence-electron chi connectivity index (χ2n) is 3.87. The number of nitrogens with two attached hydrogens (primary N) is 1. The molecular formula is C12H12N4O. The molecular weight excluding hydrogens is 216 g/mol. The normalized spacial score (nSPS) is 11.1. The average Bonchev–Trinajstić information content (AvgIpc) is 2.94. The van der Waals surface area contributed by atoms with Crippen LogP contribution in [0.4, 0.5) is 5.69 Å². The molecule has 0 saturated carbocycles. The predicted molar refractivity (Wildman–Crippen MR) is 63.5 cm³/mol. The third-order valence-electron chi connectivity index (χ3n) is 2.58. The lowest BCUT2D eigenvalue weighted by Crippen LogP contribution is -1.93. The van der Waals surface area contributed by atoms with Crippen LogP contribution >= 0.6 is 0 Å². The van der Waals surface area contributed by atoms with Crippen molar-refractivity contribution in [2.75, 3.05) is 5.73 Å². The van der Waals surface area contributed by atoms with Crippen LogP contribution in [0, 0.1) is 0 Å². The second kappa shape index (κ2) is 3.93. The first-order valence-electron chi connectivity index (χ1n) is 5.44. The molecule has 0 aliphatic carbocycles. The molecule has 0 fully saturated rings. The highest BCUT2D eigenvalue weighted by Crippen LogP contribution is 2.09. The number of pyridine rings is 1. The molecule has 86 valence electrons. The summed E-state index contributed by atoms with van der Waals surface area (Å²) in [5.41, 5.74) is 7.16. The molecule has 3 rings (SSSR count). The lowest BCUT2D eigenvalue weighted by Gasteiger charge is -1.91. The molecule has 0 atom stereocenters. The van der Waals surface area contributed by atoms with Crippen LogP contribution in [0.2, 0.25) is 0 Å². The molecule has 0 bridgehead atoms. The van der Waals surface area contributed by atoms with Crippen molar-refractivity contribution in [1.29, 1.82) is 0 Å². The molecule has 5 heteroatoms. The standard InChI is InChI=1S/C12H12N4O/c13-9-5-6-16-12(8-9)14-11(15-16)4-3-10-2-1-7-17-10/h1-2,5-8H,3-4,13H2. The second-order valence-corrected chi connectivity index (χ2v) is 3.87. The molecule has 3 aromatic rings. The Labute approximate surface area is 97.9 Å². The Kier molecular flexibility index (Phi) is 2.29. The minimum absolute atomic E-state index is 0.697. The summed E-state index contributed by atoms with van der Waals surface area (Å²) in [5.74, 6) is 1.75. The van der Waals surface area contributed by atoms with Crippen molar-refractivity contribution in [2.24, 2.45) is 0 Å². The fourth-order valence-corrected chi connectivity index (χ4v) is 1.74. The fraction of sp³-hybridized carbons (Fsp3) is 0.167. The number of anilines is 1. The minimum Gasteiger partial charge on any atom is -0.469 e. The minimum atomic E-state index is 0.697. The Hall–Kier alpha value is -2.30. The van der Waals surface area contributed by atoms with Crippen LogP contribution in [0.3, 0.4) is 0 Å². The van der Waals surface area contributed by atoms with Gasteiger partial charge in [-0.3, -0.25) is 0 Å². The van der Waals surface area contributed by atoms with Gasteiger partial charge in [-0.25, -0.2) is 9.50 Å². The first-order chi connectivity index (χ1) is 8.31. The molecule has 3 heterocycles. The van der Waals surface area contributed by atoms with E-state index in [4.69, 9.17) is 10.2 Å². The molecule has 17 heavy (non-hydrogen) atoms. The van der Waals surface area contributed by atoms with Crippen LogP contribution in [-0.2, 0) is 12.8 Å². The van der Waals surface area contributed by atoms with Crippen molar-refractivity contribution in [2.45, 2.75) is 12.8 Å². The molecule has 0 spiro atoms. The van der Waals surface area contributed by atoms with Gasteiger partial charge in [0.2, 0.25) is 0 Å². The zero-order chi connectivity index (χ0) is 11.7. The highest BCUT2D eigenvalue weighted by molar-refractivity contribution is 5.50. The van der Waals surface area contributed by atoms with Gasteiger partial charge in [0, 0.05) is 30.8 Å². The van der Waals surface area contributed by atoms with E-state index >= 15 is 0 Å². The van der Waals surface area contributed by atoms with Gasteiger partial charge in [-0.1, -0.05) is 0 Å². The Bertz CT molecular complexity index is 627. The molecule has 0 aromatic carbocycles. The van der Waals surface area contributed by atoms with E-state index in [1.165, 1.54) is 0 Å². The summed E-state index contributed by atoms with van der Waals surface area (Å²) in [4.78, 5) is 4.40. The first-order valence-corrected chi connectivity index (χ1v) is 5.44. The fourth-order valence-electron chi connectivity index (χ4n) is 1.74. The van der Waals surface area contributed by atoms with E-state index < -0.39 is 0 Å². The molecule has 3 aromatic heterocycles. The van der Waals surface area contributed by atoms with Crippen LogP contribution in [0.25, 0.3) is 5.65 Å². The maximum Gasteiger partial charge on any atom is 0.157 e. The first kappa shape index (κ1) is 9.89. The van der Waals surface area contributed by atoms with Gasteiger partial charge in [-0.2, -0.15) is 5.10 Å². The van der Waals surface area contributed by atoms with Gasteiger partial charge in [0.25, 0.3) is 0 Å². The van der Waals surface area contributed by atoms with Crippen LogP contribution in [-0.4, -0.2) is 14.6 Å². The number of furan rings is 1. The maximum absolute atomic E-state index is 5.69. The zero-order valence-corrected chi connectivity index (χ0v) is 9.21. The van der Waals surface area contributed by atoms with E-state index in [0.717, 1.165) is 30.1 Å². The van der Waals surface area contributed by atoms with E-state index in [2.05, 4.69) is 10.1 Å². The maximum atomic E-state index is 5.69. The van der Waals surface area contributed by atoms with Crippen LogP contribution in [0.1, 0.15) is 11.6 Å². The van der Waals surface area contributed by atoms with Gasteiger partial charge >= 0.3 is 0 Å². The van der Waals surface area contributed by atoms with Gasteiger partial charge in [0.15, 0.2) is 11.5 Å². The monoisotopic (exact) mass is 228 g/mol. The number of aromatic nitrogens is 3. The SMILES string of the molecule is Nc1ccn2nc(CCc3ccco3)nc2c1. The number of fused-ring (bicyclic) bond motifs is 1. The van der Waals surface area contributed by atoms with Crippen molar-refractivity contribution in [3.05, 3.63) is 48.3 Å². The largest absolute Gasteiger partial charge is 0.469 e. The highest BCUT2D eigenvalue weighted by Gasteiger charge is 2.05. The lowest BCUT2D eigenvalue weighted by molar-refractivity contribution is 0.506. The van der Waals surface area contributed by atoms with Crippen LogP contribution < -0.4 is 5.73 Å². The summed E-state index contributed by atoms with van der Waals surface area (Å²) in [7, 11) is 0. The van der Waals surface area contributed by atoms with Crippen molar-refractivity contribution in [3.8, 4) is 0 Å². The summed E-state index contributed by atoms with van der Waals surface area (Å²) in [5, 5.41) is 4.36. The third kappa shape index (κ3) is 1.99. The van der Waals surface area contributed by atoms with E-state index in [0.29, 0.717) is 5.69 Å². The molecule has 0 aliphatic rings. The number of hydrogen-bond donors (Lipinski definition) is 1. The topological polar surface area (TPSA) is 69.3 Å². The van der Waals surface area contributed by atoms with E-state index in [1.807, 2.05) is 24.4 Å². The summed E-state index contributed by atoms with van der Waals surface area (Å²) >= 11 is 0. The molecule has 0 aliphatic heterocycles. The average molecular weight is 228 g/mol. The Balaban J connectivity index is 1.81. The van der Waals surface area contributed by atoms with Gasteiger partial charge in [-0.05, 0) is 18.2 Å². The van der Waals surface area contributed by atoms with E-state index in [9.17, 15) is 0 Å². The van der Waals surface area contributed by atoms with Crippen LogP contribution in [0.5, 0.6) is 0 Å². The van der Waals surface area contributed by atoms with Crippen molar-refractivity contribution >= 4 is 11.3 Å². The predicted octanol–water partition coefficient (Wildman–Crippen LogP) is 1.69. The molecule has 0 radical (unpaired) electrons. The smallest absolute Gasteiger partial charge is 0.157 e. The number of aryl methyl sites for hydroxylation is 2. The summed E-state index contributed by atoms with van der Waals surface area (Å²) in [6.07, 6.45) is 5.05. The summed E-state index contributed by atoms with van der Waals surface area (Å²) in [6.45, 7) is 0. The van der Waals surface area contributed by atoms with Gasteiger partial charge in [0.05, 0.1) is 6.26 Å². The molecule has 5 nitrogen and oxygen atoms in total. The number of nitrogens with zero attached hydrogens (tertiary/aromatic N) is 3. The van der Waals surface area contributed by atoms with Crippen molar-refractivity contribution in [1.82, 2.24) is 14.6 Å². The van der Waals surface area contributed by atoms with Crippen LogP contribution in [0.15, 0.2) is 41.1 Å². The number of rotatable bonds is 3. The zero-order valence-electron chi connectivity index (χ0n) is 9.21. The highest BCUT2D eigenvalue weighted by atomic mass is 16.3. The van der Waals surface area contributed by atoms with E-state index in [-0.39, 0.29) is 0 Å². The van der Waals surface area contributed by atoms with E-state index in [1.54, 1.807) is 16.8 Å². The molecule has 0 amide bonds. The lowest BCUT2D eigenvalue weighted by atomic mass is 10.2.